The van der Waals surface area contributed by atoms with Gasteiger partial charge in [-0.25, -0.2) is 4.98 Å². The van der Waals surface area contributed by atoms with Gasteiger partial charge in [0.15, 0.2) is 0 Å². The van der Waals surface area contributed by atoms with Crippen molar-refractivity contribution in [2.75, 3.05) is 13.1 Å². The smallest absolute Gasteiger partial charge is 0.308 e. The maximum absolute atomic E-state index is 10.9. The number of hydrogen-bond acceptors (Lipinski definition) is 4. The van der Waals surface area contributed by atoms with Crippen LogP contribution in [0.2, 0.25) is 0 Å². The Morgan fingerprint density at radius 1 is 1.71 bits per heavy atom. The largest absolute Gasteiger partial charge is 0.481 e. The van der Waals surface area contributed by atoms with Crippen LogP contribution in [0.25, 0.3) is 0 Å². The van der Waals surface area contributed by atoms with Crippen molar-refractivity contribution in [3.63, 3.8) is 0 Å². The molecule has 1 aliphatic rings. The molecule has 5 heteroatoms. The SMILES string of the molecule is Cc1ncc(C2CNCC2C(=O)O)s1. The van der Waals surface area contributed by atoms with Crippen molar-refractivity contribution in [1.82, 2.24) is 10.3 Å². The van der Waals surface area contributed by atoms with E-state index in [1.54, 1.807) is 17.5 Å². The second-order valence-corrected chi connectivity index (χ2v) is 4.76. The third kappa shape index (κ3) is 1.65. The van der Waals surface area contributed by atoms with E-state index < -0.39 is 5.97 Å². The minimum Gasteiger partial charge on any atom is -0.481 e. The van der Waals surface area contributed by atoms with Gasteiger partial charge in [-0.2, -0.15) is 0 Å². The first-order chi connectivity index (χ1) is 6.68. The molecule has 1 aliphatic heterocycles. The van der Waals surface area contributed by atoms with Gasteiger partial charge < -0.3 is 10.4 Å². The fraction of sp³-hybridized carbons (Fsp3) is 0.556. The molecule has 14 heavy (non-hydrogen) atoms. The number of rotatable bonds is 2. The van der Waals surface area contributed by atoms with Gasteiger partial charge in [0.25, 0.3) is 0 Å². The summed E-state index contributed by atoms with van der Waals surface area (Å²) in [5.74, 6) is -0.917. The molecular weight excluding hydrogens is 200 g/mol. The van der Waals surface area contributed by atoms with Gasteiger partial charge >= 0.3 is 5.97 Å². The predicted molar refractivity (Wildman–Crippen MR) is 53.6 cm³/mol. The molecule has 0 spiro atoms. The molecule has 76 valence electrons. The summed E-state index contributed by atoms with van der Waals surface area (Å²) < 4.78 is 0. The number of nitrogens with zero attached hydrogens (tertiary/aromatic N) is 1. The maximum Gasteiger partial charge on any atom is 0.308 e. The molecular formula is C9H12N2O2S. The van der Waals surface area contributed by atoms with Crippen LogP contribution in [0.4, 0.5) is 0 Å². The number of nitrogens with one attached hydrogen (secondary N) is 1. The highest BCUT2D eigenvalue weighted by Crippen LogP contribution is 2.31. The Morgan fingerprint density at radius 2 is 2.50 bits per heavy atom. The molecule has 0 radical (unpaired) electrons. The van der Waals surface area contributed by atoms with Gasteiger partial charge in [-0.1, -0.05) is 0 Å². The first kappa shape index (κ1) is 9.61. The highest BCUT2D eigenvalue weighted by molar-refractivity contribution is 7.11. The zero-order valence-corrected chi connectivity index (χ0v) is 8.67. The summed E-state index contributed by atoms with van der Waals surface area (Å²) in [6, 6.07) is 0. The Morgan fingerprint density at radius 3 is 3.07 bits per heavy atom. The quantitative estimate of drug-likeness (QED) is 0.762. The summed E-state index contributed by atoms with van der Waals surface area (Å²) in [6.45, 7) is 3.25. The van der Waals surface area contributed by atoms with Crippen LogP contribution in [0, 0.1) is 12.8 Å². The third-order valence-corrected chi connectivity index (χ3v) is 3.58. The average molecular weight is 212 g/mol. The molecule has 4 nitrogen and oxygen atoms in total. The molecule has 0 aliphatic carbocycles. The molecule has 0 aromatic carbocycles. The fourth-order valence-corrected chi connectivity index (χ4v) is 2.74. The van der Waals surface area contributed by atoms with Gasteiger partial charge in [0.05, 0.1) is 10.9 Å². The molecule has 0 saturated carbocycles. The summed E-state index contributed by atoms with van der Waals surface area (Å²) >= 11 is 1.59. The summed E-state index contributed by atoms with van der Waals surface area (Å²) in [6.07, 6.45) is 1.80. The van der Waals surface area contributed by atoms with E-state index in [1.165, 1.54) is 0 Å². The van der Waals surface area contributed by atoms with Gasteiger partial charge in [0.2, 0.25) is 0 Å². The van der Waals surface area contributed by atoms with Crippen molar-refractivity contribution in [3.05, 3.63) is 16.1 Å². The van der Waals surface area contributed by atoms with Crippen molar-refractivity contribution < 1.29 is 9.90 Å². The third-order valence-electron chi connectivity index (χ3n) is 2.54. The van der Waals surface area contributed by atoms with E-state index >= 15 is 0 Å². The number of thiazole rings is 1. The van der Waals surface area contributed by atoms with Gasteiger partial charge in [-0.15, -0.1) is 11.3 Å². The van der Waals surface area contributed by atoms with Crippen molar-refractivity contribution >= 4 is 17.3 Å². The number of hydrogen-bond donors (Lipinski definition) is 2. The van der Waals surface area contributed by atoms with Crippen LogP contribution < -0.4 is 5.32 Å². The Labute approximate surface area is 86.0 Å². The molecule has 0 amide bonds. The van der Waals surface area contributed by atoms with E-state index in [-0.39, 0.29) is 11.8 Å². The minimum atomic E-state index is -0.717. The second kappa shape index (κ2) is 3.67. The normalized spacial score (nSPS) is 26.6. The minimum absolute atomic E-state index is 0.0960. The van der Waals surface area contributed by atoms with E-state index in [4.69, 9.17) is 5.11 Å². The van der Waals surface area contributed by atoms with Gasteiger partial charge in [-0.05, 0) is 6.92 Å². The van der Waals surface area contributed by atoms with Gasteiger partial charge in [-0.3, -0.25) is 4.79 Å². The van der Waals surface area contributed by atoms with Crippen molar-refractivity contribution in [2.24, 2.45) is 5.92 Å². The molecule has 2 heterocycles. The van der Waals surface area contributed by atoms with Crippen LogP contribution in [0.3, 0.4) is 0 Å². The molecule has 2 N–H and O–H groups in total. The van der Waals surface area contributed by atoms with Crippen LogP contribution in [0.5, 0.6) is 0 Å². The lowest BCUT2D eigenvalue weighted by Gasteiger charge is -2.11. The van der Waals surface area contributed by atoms with Crippen LogP contribution in [-0.2, 0) is 4.79 Å². The first-order valence-electron chi connectivity index (χ1n) is 4.54. The van der Waals surface area contributed by atoms with Crippen LogP contribution in [-0.4, -0.2) is 29.1 Å². The summed E-state index contributed by atoms with van der Waals surface area (Å²) in [4.78, 5) is 16.2. The molecule has 2 rings (SSSR count). The lowest BCUT2D eigenvalue weighted by atomic mass is 9.95. The van der Waals surface area contributed by atoms with E-state index in [0.717, 1.165) is 16.4 Å². The van der Waals surface area contributed by atoms with Crippen LogP contribution in [0.15, 0.2) is 6.20 Å². The van der Waals surface area contributed by atoms with E-state index in [0.29, 0.717) is 6.54 Å². The van der Waals surface area contributed by atoms with E-state index in [9.17, 15) is 4.79 Å². The molecule has 2 atom stereocenters. The van der Waals surface area contributed by atoms with Crippen LogP contribution >= 0.6 is 11.3 Å². The van der Waals surface area contributed by atoms with Gasteiger partial charge in [0, 0.05) is 30.1 Å². The molecule has 1 aromatic heterocycles. The average Bonchev–Trinajstić information content (AvgIpc) is 2.70. The number of aromatic nitrogens is 1. The molecule has 2 unspecified atom stereocenters. The Kier molecular flexibility index (Phi) is 2.52. The topological polar surface area (TPSA) is 62.2 Å². The predicted octanol–water partition coefficient (Wildman–Crippen LogP) is 0.839. The molecule has 0 bridgehead atoms. The molecule has 1 aromatic rings. The van der Waals surface area contributed by atoms with Crippen molar-refractivity contribution in [2.45, 2.75) is 12.8 Å². The fourth-order valence-electron chi connectivity index (χ4n) is 1.79. The van der Waals surface area contributed by atoms with Crippen molar-refractivity contribution in [3.8, 4) is 0 Å². The number of aryl methyl sites for hydroxylation is 1. The second-order valence-electron chi connectivity index (χ2n) is 3.49. The number of carboxylic acids is 1. The Hall–Kier alpha value is -0.940. The zero-order valence-electron chi connectivity index (χ0n) is 7.86. The Balaban J connectivity index is 2.21. The summed E-state index contributed by atoms with van der Waals surface area (Å²) in [7, 11) is 0. The number of carboxylic acid groups (broad SMARTS) is 1. The zero-order chi connectivity index (χ0) is 10.1. The summed E-state index contributed by atoms with van der Waals surface area (Å²) in [5, 5.41) is 13.1. The monoisotopic (exact) mass is 212 g/mol. The first-order valence-corrected chi connectivity index (χ1v) is 5.36. The molecule has 1 saturated heterocycles. The maximum atomic E-state index is 10.9. The highest BCUT2D eigenvalue weighted by atomic mass is 32.1. The number of carbonyl (C=O) groups is 1. The van der Waals surface area contributed by atoms with E-state index in [2.05, 4.69) is 10.3 Å². The van der Waals surface area contributed by atoms with Crippen molar-refractivity contribution in [1.29, 1.82) is 0 Å². The van der Waals surface area contributed by atoms with Gasteiger partial charge in [0.1, 0.15) is 0 Å². The highest BCUT2D eigenvalue weighted by Gasteiger charge is 2.34. The standard InChI is InChI=1S/C9H12N2O2S/c1-5-11-4-8(14-5)6-2-10-3-7(6)9(12)13/h4,6-7,10H,2-3H2,1H3,(H,12,13). The lowest BCUT2D eigenvalue weighted by molar-refractivity contribution is -0.141. The van der Waals surface area contributed by atoms with E-state index in [1.807, 2.05) is 6.92 Å². The lowest BCUT2D eigenvalue weighted by Crippen LogP contribution is -2.20. The Bertz CT molecular complexity index is 350. The van der Waals surface area contributed by atoms with Crippen LogP contribution in [0.1, 0.15) is 15.8 Å². The molecule has 1 fully saturated rings. The number of aliphatic carboxylic acids is 1. The summed E-state index contributed by atoms with van der Waals surface area (Å²) in [5.41, 5.74) is 0.